The topological polar surface area (TPSA) is 68.9 Å². The summed E-state index contributed by atoms with van der Waals surface area (Å²) in [6.07, 6.45) is 9.39. The lowest BCUT2D eigenvalue weighted by atomic mass is 9.53. The van der Waals surface area contributed by atoms with Crippen LogP contribution >= 0.6 is 0 Å². The Bertz CT molecular complexity index is 672. The van der Waals surface area contributed by atoms with Crippen molar-refractivity contribution >= 4 is 5.97 Å². The van der Waals surface area contributed by atoms with Crippen LogP contribution in [0.25, 0.3) is 0 Å². The number of aliphatic hydroxyl groups is 1. The molecule has 5 atom stereocenters. The van der Waals surface area contributed by atoms with Crippen molar-refractivity contribution in [3.63, 3.8) is 0 Å². The quantitative estimate of drug-likeness (QED) is 0.671. The molecule has 1 aromatic rings. The summed E-state index contributed by atoms with van der Waals surface area (Å²) in [6.45, 7) is 2.10. The molecule has 0 aromatic carbocycles. The van der Waals surface area contributed by atoms with Gasteiger partial charge in [-0.25, -0.2) is 0 Å². The van der Waals surface area contributed by atoms with Crippen LogP contribution in [0, 0.1) is 17.3 Å². The van der Waals surface area contributed by atoms with Crippen LogP contribution in [0.4, 0.5) is 0 Å². The highest BCUT2D eigenvalue weighted by molar-refractivity contribution is 5.81. The maximum absolute atomic E-state index is 13.1. The van der Waals surface area contributed by atoms with Crippen LogP contribution in [0.2, 0.25) is 0 Å². The Morgan fingerprint density at radius 1 is 1.44 bits per heavy atom. The molecule has 2 fully saturated rings. The number of hydrogen-bond donors (Lipinski definition) is 1. The Balaban J connectivity index is 1.74. The average molecular weight is 346 g/mol. The lowest BCUT2D eigenvalue weighted by Gasteiger charge is -2.51. The van der Waals surface area contributed by atoms with Gasteiger partial charge in [-0.1, -0.05) is 13.0 Å². The number of ether oxygens (including phenoxy) is 2. The molecule has 5 unspecified atom stereocenters. The molecule has 25 heavy (non-hydrogen) atoms. The van der Waals surface area contributed by atoms with E-state index < -0.39 is 11.0 Å². The Kier molecular flexibility index (Phi) is 4.04. The third-order valence-corrected chi connectivity index (χ3v) is 6.88. The molecule has 1 saturated heterocycles. The molecule has 3 aliphatic rings. The number of hydrogen-bond acceptors (Lipinski definition) is 5. The zero-order chi connectivity index (χ0) is 17.7. The van der Waals surface area contributed by atoms with Gasteiger partial charge in [0, 0.05) is 19.1 Å². The van der Waals surface area contributed by atoms with Gasteiger partial charge < -0.3 is 19.0 Å². The van der Waals surface area contributed by atoms with Crippen molar-refractivity contribution in [3.8, 4) is 0 Å². The van der Waals surface area contributed by atoms with Gasteiger partial charge in [-0.15, -0.1) is 0 Å². The van der Waals surface area contributed by atoms with Gasteiger partial charge in [-0.05, 0) is 49.2 Å². The summed E-state index contributed by atoms with van der Waals surface area (Å²) in [6, 6.07) is 1.87. The van der Waals surface area contributed by atoms with Crippen molar-refractivity contribution in [3.05, 3.63) is 35.8 Å². The normalized spacial score (nSPS) is 40.7. The van der Waals surface area contributed by atoms with E-state index in [1.165, 1.54) is 0 Å². The fourth-order valence-corrected chi connectivity index (χ4v) is 5.39. The van der Waals surface area contributed by atoms with Gasteiger partial charge in [-0.3, -0.25) is 4.79 Å². The Labute approximate surface area is 148 Å². The number of rotatable bonds is 3. The summed E-state index contributed by atoms with van der Waals surface area (Å²) in [5.74, 6) is 0.171. The minimum absolute atomic E-state index is 0.0451. The van der Waals surface area contributed by atoms with E-state index in [0.29, 0.717) is 6.42 Å². The molecule has 4 rings (SSSR count). The molecule has 1 N–H and O–H groups in total. The van der Waals surface area contributed by atoms with Crippen LogP contribution < -0.4 is 0 Å². The SMILES string of the molecule is COC1(CO)CCCC2C1=CCC(C)C21CC(c2ccoc2)OC1=O. The van der Waals surface area contributed by atoms with Gasteiger partial charge in [0.15, 0.2) is 0 Å². The number of furan rings is 1. The van der Waals surface area contributed by atoms with Crippen LogP contribution in [0.3, 0.4) is 0 Å². The molecule has 2 aliphatic carbocycles. The van der Waals surface area contributed by atoms with E-state index in [0.717, 1.165) is 36.8 Å². The van der Waals surface area contributed by atoms with Crippen molar-refractivity contribution in [1.82, 2.24) is 0 Å². The summed E-state index contributed by atoms with van der Waals surface area (Å²) in [5, 5.41) is 10.1. The van der Waals surface area contributed by atoms with Gasteiger partial charge in [0.2, 0.25) is 0 Å². The smallest absolute Gasteiger partial charge is 0.313 e. The van der Waals surface area contributed by atoms with E-state index in [4.69, 9.17) is 13.9 Å². The predicted octanol–water partition coefficient (Wildman–Crippen LogP) is 3.40. The second kappa shape index (κ2) is 5.99. The summed E-state index contributed by atoms with van der Waals surface area (Å²) in [5.41, 5.74) is 0.839. The minimum Gasteiger partial charge on any atom is -0.472 e. The van der Waals surface area contributed by atoms with Crippen molar-refractivity contribution < 1.29 is 23.8 Å². The standard InChI is InChI=1S/C20H26O5/c1-13-5-6-15-16(4-3-8-19(15,12-21)23-2)20(13)10-17(25-18(20)22)14-7-9-24-11-14/h6-7,9,11,13,16-17,21H,3-5,8,10,12H2,1-2H3. The first-order valence-corrected chi connectivity index (χ1v) is 9.17. The molecular weight excluding hydrogens is 320 g/mol. The van der Waals surface area contributed by atoms with E-state index in [1.54, 1.807) is 19.6 Å². The van der Waals surface area contributed by atoms with Crippen molar-refractivity contribution in [2.45, 2.75) is 50.7 Å². The molecule has 1 saturated carbocycles. The van der Waals surface area contributed by atoms with E-state index in [-0.39, 0.29) is 30.5 Å². The Hall–Kier alpha value is -1.59. The average Bonchev–Trinajstić information content (AvgIpc) is 3.27. The predicted molar refractivity (Wildman–Crippen MR) is 90.6 cm³/mol. The number of fused-ring (bicyclic) bond motifs is 2. The number of carbonyl (C=O) groups excluding carboxylic acids is 1. The van der Waals surface area contributed by atoms with E-state index in [9.17, 15) is 9.90 Å². The summed E-state index contributed by atoms with van der Waals surface area (Å²) >= 11 is 0. The highest BCUT2D eigenvalue weighted by Gasteiger charge is 2.62. The molecule has 1 aliphatic heterocycles. The molecular formula is C20H26O5. The number of allylic oxidation sites excluding steroid dienone is 1. The fraction of sp³-hybridized carbons (Fsp3) is 0.650. The largest absolute Gasteiger partial charge is 0.472 e. The van der Waals surface area contributed by atoms with Gasteiger partial charge in [0.25, 0.3) is 0 Å². The molecule has 1 spiro atoms. The highest BCUT2D eigenvalue weighted by Crippen LogP contribution is 2.61. The second-order valence-corrected chi connectivity index (χ2v) is 7.79. The van der Waals surface area contributed by atoms with Gasteiger partial charge in [0.1, 0.15) is 11.7 Å². The molecule has 5 heteroatoms. The Morgan fingerprint density at radius 2 is 2.28 bits per heavy atom. The van der Waals surface area contributed by atoms with Crippen LogP contribution in [-0.2, 0) is 14.3 Å². The number of methoxy groups -OCH3 is 1. The van der Waals surface area contributed by atoms with Gasteiger partial charge in [0.05, 0.1) is 24.5 Å². The monoisotopic (exact) mass is 346 g/mol. The zero-order valence-electron chi connectivity index (χ0n) is 14.9. The van der Waals surface area contributed by atoms with Crippen LogP contribution in [0.1, 0.15) is 50.7 Å². The minimum atomic E-state index is -0.649. The number of aliphatic hydroxyl groups excluding tert-OH is 1. The van der Waals surface area contributed by atoms with Crippen LogP contribution in [-0.4, -0.2) is 30.4 Å². The first-order chi connectivity index (χ1) is 12.1. The van der Waals surface area contributed by atoms with Gasteiger partial charge >= 0.3 is 5.97 Å². The second-order valence-electron chi connectivity index (χ2n) is 7.79. The van der Waals surface area contributed by atoms with Crippen molar-refractivity contribution in [2.75, 3.05) is 13.7 Å². The molecule has 5 nitrogen and oxygen atoms in total. The molecule has 1 aromatic heterocycles. The molecule has 0 bridgehead atoms. The lowest BCUT2D eigenvalue weighted by molar-refractivity contribution is -0.156. The van der Waals surface area contributed by atoms with Crippen LogP contribution in [0.5, 0.6) is 0 Å². The maximum atomic E-state index is 13.1. The van der Waals surface area contributed by atoms with Crippen LogP contribution in [0.15, 0.2) is 34.7 Å². The number of carbonyl (C=O) groups is 1. The van der Waals surface area contributed by atoms with E-state index >= 15 is 0 Å². The number of cyclic esters (lactones) is 1. The third kappa shape index (κ3) is 2.25. The zero-order valence-corrected chi connectivity index (χ0v) is 14.9. The molecule has 0 amide bonds. The molecule has 0 radical (unpaired) electrons. The maximum Gasteiger partial charge on any atom is 0.313 e. The fourth-order valence-electron chi connectivity index (χ4n) is 5.39. The molecule has 136 valence electrons. The highest BCUT2D eigenvalue weighted by atomic mass is 16.6. The summed E-state index contributed by atoms with van der Waals surface area (Å²) in [4.78, 5) is 13.1. The van der Waals surface area contributed by atoms with Crippen molar-refractivity contribution in [2.24, 2.45) is 17.3 Å². The summed E-state index contributed by atoms with van der Waals surface area (Å²) < 4.78 is 16.8. The van der Waals surface area contributed by atoms with Crippen molar-refractivity contribution in [1.29, 1.82) is 0 Å². The summed E-state index contributed by atoms with van der Waals surface area (Å²) in [7, 11) is 1.66. The Morgan fingerprint density at radius 3 is 2.96 bits per heavy atom. The van der Waals surface area contributed by atoms with Gasteiger partial charge in [-0.2, -0.15) is 0 Å². The lowest BCUT2D eigenvalue weighted by Crippen LogP contribution is -2.53. The molecule has 2 heterocycles. The van der Waals surface area contributed by atoms with E-state index in [2.05, 4.69) is 13.0 Å². The third-order valence-electron chi connectivity index (χ3n) is 6.88. The number of esters is 1. The van der Waals surface area contributed by atoms with E-state index in [1.807, 2.05) is 6.07 Å². The first-order valence-electron chi connectivity index (χ1n) is 9.17. The first kappa shape index (κ1) is 16.9.